The number of sulfonamides is 1. The maximum Gasteiger partial charge on any atom is 0.242 e. The molecule has 0 saturated carbocycles. The fourth-order valence-corrected chi connectivity index (χ4v) is 3.91. The summed E-state index contributed by atoms with van der Waals surface area (Å²) in [5.41, 5.74) is 6.70. The lowest BCUT2D eigenvalue weighted by atomic mass is 10.2. The zero-order chi connectivity index (χ0) is 14.8. The van der Waals surface area contributed by atoms with Crippen LogP contribution in [0.25, 0.3) is 10.9 Å². The van der Waals surface area contributed by atoms with Gasteiger partial charge in [0.05, 0.1) is 16.2 Å². The number of anilines is 1. The van der Waals surface area contributed by atoms with E-state index in [9.17, 15) is 8.42 Å². The summed E-state index contributed by atoms with van der Waals surface area (Å²) in [5.74, 6) is 0. The summed E-state index contributed by atoms with van der Waals surface area (Å²) in [4.78, 5) is 4.16. The van der Waals surface area contributed by atoms with Crippen LogP contribution in [0, 0.1) is 0 Å². The Hall–Kier alpha value is -1.73. The first kappa shape index (κ1) is 14.7. The molecule has 106 valence electrons. The Kier molecular flexibility index (Phi) is 4.20. The minimum atomic E-state index is -3.66. The Morgan fingerprint density at radius 2 is 2.15 bits per heavy atom. The van der Waals surface area contributed by atoms with E-state index in [1.54, 1.807) is 31.3 Å². The first-order chi connectivity index (χ1) is 9.45. The molecule has 0 fully saturated rings. The largest absolute Gasteiger partial charge is 0.392 e. The third-order valence-corrected chi connectivity index (χ3v) is 5.24. The van der Waals surface area contributed by atoms with Crippen molar-refractivity contribution >= 4 is 43.8 Å². The summed E-state index contributed by atoms with van der Waals surface area (Å²) in [6, 6.07) is 8.81. The van der Waals surface area contributed by atoms with Crippen LogP contribution in [0.4, 0.5) is 5.69 Å². The second kappa shape index (κ2) is 5.72. The van der Waals surface area contributed by atoms with E-state index in [4.69, 9.17) is 18.0 Å². The fraction of sp³-hybridized carbons (Fsp3) is 0.231. The van der Waals surface area contributed by atoms with Gasteiger partial charge in [-0.15, -0.1) is 0 Å². The van der Waals surface area contributed by atoms with Gasteiger partial charge in [-0.2, -0.15) is 0 Å². The van der Waals surface area contributed by atoms with Crippen molar-refractivity contribution in [1.82, 2.24) is 4.98 Å². The molecule has 20 heavy (non-hydrogen) atoms. The maximum absolute atomic E-state index is 12.3. The minimum Gasteiger partial charge on any atom is -0.392 e. The Bertz CT molecular complexity index is 739. The molecule has 1 unspecified atom stereocenters. The Morgan fingerprint density at radius 3 is 2.80 bits per heavy atom. The average Bonchev–Trinajstić information content (AvgIpc) is 2.38. The van der Waals surface area contributed by atoms with Crippen LogP contribution in [-0.4, -0.2) is 23.6 Å². The molecule has 0 aliphatic rings. The molecule has 0 amide bonds. The molecule has 7 heteroatoms. The number of rotatable bonds is 5. The molecular formula is C13H15N3O2S2. The van der Waals surface area contributed by atoms with E-state index < -0.39 is 15.3 Å². The molecule has 3 N–H and O–H groups in total. The summed E-state index contributed by atoms with van der Waals surface area (Å²) in [6.07, 6.45) is 1.98. The number of hydrogen-bond acceptors (Lipinski definition) is 4. The number of hydrogen-bond donors (Lipinski definition) is 2. The van der Waals surface area contributed by atoms with Crippen molar-refractivity contribution in [2.45, 2.75) is 18.6 Å². The van der Waals surface area contributed by atoms with Crippen molar-refractivity contribution in [1.29, 1.82) is 0 Å². The van der Waals surface area contributed by atoms with E-state index >= 15 is 0 Å². The zero-order valence-electron chi connectivity index (χ0n) is 10.9. The minimum absolute atomic E-state index is 0.0293. The molecule has 2 aromatic rings. The molecule has 1 atom stereocenters. The van der Waals surface area contributed by atoms with Crippen LogP contribution >= 0.6 is 12.2 Å². The van der Waals surface area contributed by atoms with Crippen molar-refractivity contribution in [3.8, 4) is 0 Å². The number of nitrogens with one attached hydrogen (secondary N) is 1. The van der Waals surface area contributed by atoms with Crippen molar-refractivity contribution in [2.24, 2.45) is 5.73 Å². The molecular weight excluding hydrogens is 294 g/mol. The molecule has 0 radical (unpaired) electrons. The molecule has 1 aromatic carbocycles. The summed E-state index contributed by atoms with van der Waals surface area (Å²) >= 11 is 4.82. The normalized spacial score (nSPS) is 13.1. The second-order valence-electron chi connectivity index (χ2n) is 4.32. The summed E-state index contributed by atoms with van der Waals surface area (Å²) < 4.78 is 27.2. The molecule has 0 aliphatic heterocycles. The SMILES string of the molecule is CCC(C(N)=S)S(=O)(=O)Nc1cccc2ncccc12. The smallest absolute Gasteiger partial charge is 0.242 e. The van der Waals surface area contributed by atoms with E-state index in [-0.39, 0.29) is 4.99 Å². The molecule has 0 saturated heterocycles. The second-order valence-corrected chi connectivity index (χ2v) is 6.66. The number of nitrogens with zero attached hydrogens (tertiary/aromatic N) is 1. The fourth-order valence-electron chi connectivity index (χ4n) is 1.99. The molecule has 5 nitrogen and oxygen atoms in total. The predicted octanol–water partition coefficient (Wildman–Crippen LogP) is 2.04. The van der Waals surface area contributed by atoms with Crippen LogP contribution in [0.1, 0.15) is 13.3 Å². The van der Waals surface area contributed by atoms with Crippen molar-refractivity contribution in [3.63, 3.8) is 0 Å². The third-order valence-electron chi connectivity index (χ3n) is 2.96. The highest BCUT2D eigenvalue weighted by molar-refractivity contribution is 7.95. The van der Waals surface area contributed by atoms with E-state index in [0.29, 0.717) is 12.1 Å². The maximum atomic E-state index is 12.3. The van der Waals surface area contributed by atoms with Gasteiger partial charge in [-0.3, -0.25) is 9.71 Å². The van der Waals surface area contributed by atoms with Gasteiger partial charge in [-0.05, 0) is 30.7 Å². The molecule has 1 aromatic heterocycles. The average molecular weight is 309 g/mol. The monoisotopic (exact) mass is 309 g/mol. The number of thiocarbonyl (C=S) groups is 1. The zero-order valence-corrected chi connectivity index (χ0v) is 12.5. The predicted molar refractivity (Wildman–Crippen MR) is 85.1 cm³/mol. The van der Waals surface area contributed by atoms with Gasteiger partial charge in [0.2, 0.25) is 10.0 Å². The van der Waals surface area contributed by atoms with Gasteiger partial charge in [0, 0.05) is 11.6 Å². The van der Waals surface area contributed by atoms with E-state index in [1.165, 1.54) is 0 Å². The highest BCUT2D eigenvalue weighted by atomic mass is 32.2. The van der Waals surface area contributed by atoms with E-state index in [1.807, 2.05) is 12.1 Å². The number of fused-ring (bicyclic) bond motifs is 1. The van der Waals surface area contributed by atoms with Crippen molar-refractivity contribution < 1.29 is 8.42 Å². The van der Waals surface area contributed by atoms with E-state index in [0.717, 1.165) is 10.9 Å². The third kappa shape index (κ3) is 2.88. The number of aromatic nitrogens is 1. The van der Waals surface area contributed by atoms with Gasteiger partial charge in [-0.25, -0.2) is 8.42 Å². The van der Waals surface area contributed by atoms with Gasteiger partial charge in [-0.1, -0.05) is 25.2 Å². The highest BCUT2D eigenvalue weighted by Gasteiger charge is 2.26. The number of benzene rings is 1. The van der Waals surface area contributed by atoms with Crippen molar-refractivity contribution in [3.05, 3.63) is 36.5 Å². The molecule has 1 heterocycles. The van der Waals surface area contributed by atoms with Gasteiger partial charge in [0.25, 0.3) is 0 Å². The highest BCUT2D eigenvalue weighted by Crippen LogP contribution is 2.23. The van der Waals surface area contributed by atoms with Gasteiger partial charge in [0.1, 0.15) is 5.25 Å². The summed E-state index contributed by atoms with van der Waals surface area (Å²) in [5, 5.41) is -0.152. The Morgan fingerprint density at radius 1 is 1.40 bits per heavy atom. The standard InChI is InChI=1S/C13H15N3O2S2/c1-2-12(13(14)19)20(17,18)16-11-7-3-6-10-9(11)5-4-8-15-10/h3-8,12,16H,2H2,1H3,(H2,14,19). The van der Waals surface area contributed by atoms with Crippen LogP contribution in [0.2, 0.25) is 0 Å². The topological polar surface area (TPSA) is 85.1 Å². The van der Waals surface area contributed by atoms with Crippen molar-refractivity contribution in [2.75, 3.05) is 4.72 Å². The summed E-state index contributed by atoms with van der Waals surface area (Å²) in [6.45, 7) is 1.73. The first-order valence-electron chi connectivity index (χ1n) is 6.10. The van der Waals surface area contributed by atoms with Crippen LogP contribution in [0.15, 0.2) is 36.5 Å². The molecule has 0 bridgehead atoms. The molecule has 2 rings (SSSR count). The molecule has 0 spiro atoms. The Labute approximate surface area is 123 Å². The van der Waals surface area contributed by atoms with E-state index in [2.05, 4.69) is 9.71 Å². The van der Waals surface area contributed by atoms with Gasteiger partial charge >= 0.3 is 0 Å². The van der Waals surface area contributed by atoms with Crippen LogP contribution in [0.5, 0.6) is 0 Å². The first-order valence-corrected chi connectivity index (χ1v) is 8.06. The van der Waals surface area contributed by atoms with Gasteiger partial charge in [0.15, 0.2) is 0 Å². The molecule has 0 aliphatic carbocycles. The Balaban J connectivity index is 2.44. The number of pyridine rings is 1. The summed E-state index contributed by atoms with van der Waals surface area (Å²) in [7, 11) is -3.66. The van der Waals surface area contributed by atoms with Crippen LogP contribution in [-0.2, 0) is 10.0 Å². The lowest BCUT2D eigenvalue weighted by Gasteiger charge is -2.17. The lowest BCUT2D eigenvalue weighted by Crippen LogP contribution is -2.37. The van der Waals surface area contributed by atoms with Crippen LogP contribution in [0.3, 0.4) is 0 Å². The van der Waals surface area contributed by atoms with Gasteiger partial charge < -0.3 is 5.73 Å². The quantitative estimate of drug-likeness (QED) is 0.826. The lowest BCUT2D eigenvalue weighted by molar-refractivity contribution is 0.594. The van der Waals surface area contributed by atoms with Crippen LogP contribution < -0.4 is 10.5 Å². The number of nitrogens with two attached hydrogens (primary N) is 1.